The molecule has 0 unspecified atom stereocenters. The van der Waals surface area contributed by atoms with Gasteiger partial charge in [-0.1, -0.05) is 25.1 Å². The third-order valence-electron chi connectivity index (χ3n) is 3.38. The molecule has 0 saturated carbocycles. The Bertz CT molecular complexity index is 635. The normalized spacial score (nSPS) is 11.2. The van der Waals surface area contributed by atoms with E-state index in [1.807, 2.05) is 23.1 Å². The van der Waals surface area contributed by atoms with Crippen LogP contribution in [0.25, 0.3) is 10.9 Å². The Morgan fingerprint density at radius 2 is 2.00 bits per heavy atom. The fraction of sp³-hybridized carbons (Fsp3) is 0.267. The van der Waals surface area contributed by atoms with Crippen molar-refractivity contribution in [2.45, 2.75) is 26.4 Å². The highest BCUT2D eigenvalue weighted by Gasteiger charge is 2.05. The van der Waals surface area contributed by atoms with Gasteiger partial charge in [-0.3, -0.25) is 4.68 Å². The largest absolute Gasteiger partial charge is 0.345 e. The van der Waals surface area contributed by atoms with E-state index in [-0.39, 0.29) is 0 Å². The van der Waals surface area contributed by atoms with Gasteiger partial charge in [0.05, 0.1) is 12.1 Å². The molecule has 0 fully saturated rings. The molecule has 2 aromatic heterocycles. The Kier molecular flexibility index (Phi) is 2.89. The lowest BCUT2D eigenvalue weighted by atomic mass is 10.1. The van der Waals surface area contributed by atoms with Crippen LogP contribution >= 0.6 is 0 Å². The zero-order chi connectivity index (χ0) is 12.4. The lowest BCUT2D eigenvalue weighted by Crippen LogP contribution is -2.07. The Balaban J connectivity index is 1.92. The number of hydrogen-bond acceptors (Lipinski definition) is 1. The van der Waals surface area contributed by atoms with E-state index in [1.165, 1.54) is 16.5 Å². The van der Waals surface area contributed by atoms with E-state index in [0.29, 0.717) is 0 Å². The first-order chi connectivity index (χ1) is 8.88. The minimum absolute atomic E-state index is 0.912. The summed E-state index contributed by atoms with van der Waals surface area (Å²) in [6, 6.07) is 10.7. The number of para-hydroxylation sites is 1. The summed E-state index contributed by atoms with van der Waals surface area (Å²) < 4.78 is 4.30. The molecule has 92 valence electrons. The van der Waals surface area contributed by atoms with E-state index in [2.05, 4.69) is 47.1 Å². The van der Waals surface area contributed by atoms with Crippen molar-refractivity contribution in [1.29, 1.82) is 0 Å². The molecule has 0 saturated heterocycles. The molecule has 1 aromatic carbocycles. The second kappa shape index (κ2) is 4.69. The molecule has 3 nitrogen and oxygen atoms in total. The van der Waals surface area contributed by atoms with Gasteiger partial charge in [-0.2, -0.15) is 5.10 Å². The lowest BCUT2D eigenvalue weighted by Gasteiger charge is -2.09. The van der Waals surface area contributed by atoms with Crippen molar-refractivity contribution in [3.8, 4) is 0 Å². The molecule has 18 heavy (non-hydrogen) atoms. The molecular formula is C15H17N3. The SMILES string of the molecule is CCc1cccc2ccn(CCn3cccn3)c12. The Morgan fingerprint density at radius 1 is 1.06 bits per heavy atom. The third-order valence-corrected chi connectivity index (χ3v) is 3.38. The van der Waals surface area contributed by atoms with Gasteiger partial charge in [-0.25, -0.2) is 0 Å². The highest BCUT2D eigenvalue weighted by molar-refractivity contribution is 5.83. The van der Waals surface area contributed by atoms with Crippen molar-refractivity contribution < 1.29 is 0 Å². The summed E-state index contributed by atoms with van der Waals surface area (Å²) >= 11 is 0. The van der Waals surface area contributed by atoms with Crippen LogP contribution in [0.3, 0.4) is 0 Å². The fourth-order valence-electron chi connectivity index (χ4n) is 2.46. The van der Waals surface area contributed by atoms with E-state index in [1.54, 1.807) is 0 Å². The van der Waals surface area contributed by atoms with Crippen LogP contribution in [0.1, 0.15) is 12.5 Å². The maximum Gasteiger partial charge on any atom is 0.0588 e. The lowest BCUT2D eigenvalue weighted by molar-refractivity contribution is 0.542. The molecule has 2 heterocycles. The molecule has 0 atom stereocenters. The minimum Gasteiger partial charge on any atom is -0.345 e. The van der Waals surface area contributed by atoms with E-state index in [9.17, 15) is 0 Å². The average Bonchev–Trinajstić information content (AvgIpc) is 3.05. The number of hydrogen-bond donors (Lipinski definition) is 0. The molecule has 0 N–H and O–H groups in total. The Hall–Kier alpha value is -2.03. The summed E-state index contributed by atoms with van der Waals surface area (Å²) in [5, 5.41) is 5.57. The van der Waals surface area contributed by atoms with Gasteiger partial charge in [0.15, 0.2) is 0 Å². The molecule has 0 radical (unpaired) electrons. The van der Waals surface area contributed by atoms with E-state index >= 15 is 0 Å². The minimum atomic E-state index is 0.912. The van der Waals surface area contributed by atoms with Crippen LogP contribution in [-0.2, 0) is 19.5 Å². The van der Waals surface area contributed by atoms with Gasteiger partial charge in [-0.15, -0.1) is 0 Å². The van der Waals surface area contributed by atoms with Gasteiger partial charge in [0.2, 0.25) is 0 Å². The van der Waals surface area contributed by atoms with Gasteiger partial charge >= 0.3 is 0 Å². The van der Waals surface area contributed by atoms with Crippen molar-refractivity contribution in [3.05, 3.63) is 54.5 Å². The fourth-order valence-corrected chi connectivity index (χ4v) is 2.46. The first-order valence-corrected chi connectivity index (χ1v) is 6.42. The van der Waals surface area contributed by atoms with Crippen LogP contribution < -0.4 is 0 Å². The van der Waals surface area contributed by atoms with Crippen LogP contribution in [0.2, 0.25) is 0 Å². The quantitative estimate of drug-likeness (QED) is 0.686. The van der Waals surface area contributed by atoms with E-state index in [0.717, 1.165) is 19.5 Å². The molecule has 0 bridgehead atoms. The molecule has 3 aromatic rings. The molecule has 0 aliphatic heterocycles. The maximum atomic E-state index is 4.24. The Morgan fingerprint density at radius 3 is 2.78 bits per heavy atom. The molecular weight excluding hydrogens is 222 g/mol. The van der Waals surface area contributed by atoms with Crippen LogP contribution in [0.5, 0.6) is 0 Å². The van der Waals surface area contributed by atoms with Crippen LogP contribution in [0, 0.1) is 0 Å². The van der Waals surface area contributed by atoms with Crippen molar-refractivity contribution in [2.75, 3.05) is 0 Å². The van der Waals surface area contributed by atoms with Crippen molar-refractivity contribution in [3.63, 3.8) is 0 Å². The molecule has 3 rings (SSSR count). The van der Waals surface area contributed by atoms with Crippen LogP contribution in [0.15, 0.2) is 48.9 Å². The molecule has 0 aliphatic carbocycles. The topological polar surface area (TPSA) is 22.8 Å². The third kappa shape index (κ3) is 1.92. The van der Waals surface area contributed by atoms with Gasteiger partial charge in [0.25, 0.3) is 0 Å². The number of fused-ring (bicyclic) bond motifs is 1. The summed E-state index contributed by atoms with van der Waals surface area (Å²) in [5.41, 5.74) is 2.78. The summed E-state index contributed by atoms with van der Waals surface area (Å²) in [6.45, 7) is 4.08. The number of rotatable bonds is 4. The number of benzene rings is 1. The molecule has 3 heteroatoms. The number of aromatic nitrogens is 3. The van der Waals surface area contributed by atoms with Crippen molar-refractivity contribution in [2.24, 2.45) is 0 Å². The summed E-state index contributed by atoms with van der Waals surface area (Å²) in [4.78, 5) is 0. The van der Waals surface area contributed by atoms with Crippen molar-refractivity contribution in [1.82, 2.24) is 14.3 Å². The highest BCUT2D eigenvalue weighted by Crippen LogP contribution is 2.20. The first-order valence-electron chi connectivity index (χ1n) is 6.42. The summed E-state index contributed by atoms with van der Waals surface area (Å²) in [5.74, 6) is 0. The highest BCUT2D eigenvalue weighted by atomic mass is 15.3. The molecule has 0 spiro atoms. The standard InChI is InChI=1S/C15H17N3/c1-2-13-5-3-6-14-7-10-17(15(13)14)11-12-18-9-4-8-16-18/h3-10H,2,11-12H2,1H3. The molecule has 0 aliphatic rings. The second-order valence-corrected chi connectivity index (χ2v) is 4.49. The zero-order valence-electron chi connectivity index (χ0n) is 10.6. The predicted molar refractivity (Wildman–Crippen MR) is 73.5 cm³/mol. The van der Waals surface area contributed by atoms with E-state index < -0.39 is 0 Å². The number of aryl methyl sites for hydroxylation is 3. The van der Waals surface area contributed by atoms with E-state index in [4.69, 9.17) is 0 Å². The van der Waals surface area contributed by atoms with Gasteiger partial charge in [0, 0.05) is 25.1 Å². The smallest absolute Gasteiger partial charge is 0.0588 e. The Labute approximate surface area is 107 Å². The van der Waals surface area contributed by atoms with Crippen molar-refractivity contribution >= 4 is 10.9 Å². The summed E-state index contributed by atoms with van der Waals surface area (Å²) in [7, 11) is 0. The van der Waals surface area contributed by atoms with Crippen LogP contribution in [-0.4, -0.2) is 14.3 Å². The number of nitrogens with zero attached hydrogens (tertiary/aromatic N) is 3. The maximum absolute atomic E-state index is 4.24. The first kappa shape index (κ1) is 11.1. The molecule has 0 amide bonds. The predicted octanol–water partition coefficient (Wildman–Crippen LogP) is 3.10. The van der Waals surface area contributed by atoms with Gasteiger partial charge in [-0.05, 0) is 29.5 Å². The zero-order valence-corrected chi connectivity index (χ0v) is 10.6. The summed E-state index contributed by atoms with van der Waals surface area (Å²) in [6.07, 6.45) is 7.08. The monoisotopic (exact) mass is 239 g/mol. The average molecular weight is 239 g/mol. The van der Waals surface area contributed by atoms with Gasteiger partial charge in [0.1, 0.15) is 0 Å². The second-order valence-electron chi connectivity index (χ2n) is 4.49. The van der Waals surface area contributed by atoms with Gasteiger partial charge < -0.3 is 4.57 Å². The van der Waals surface area contributed by atoms with Crippen LogP contribution in [0.4, 0.5) is 0 Å².